The molecule has 0 aromatic heterocycles. The van der Waals surface area contributed by atoms with Gasteiger partial charge in [0, 0.05) is 7.05 Å². The first-order chi connectivity index (χ1) is 13.5. The third-order valence-corrected chi connectivity index (χ3v) is 5.27. The van der Waals surface area contributed by atoms with Gasteiger partial charge in [0.15, 0.2) is 16.7 Å². The first-order valence-corrected chi connectivity index (χ1v) is 9.21. The molecule has 0 spiro atoms. The van der Waals surface area contributed by atoms with Crippen molar-refractivity contribution in [2.24, 2.45) is 4.99 Å². The van der Waals surface area contributed by atoms with Crippen molar-refractivity contribution in [3.8, 4) is 11.5 Å². The number of nitrogens with zero attached hydrogens (tertiary/aromatic N) is 2. The number of hydrogen-bond donors (Lipinski definition) is 0. The van der Waals surface area contributed by atoms with E-state index >= 15 is 0 Å². The fourth-order valence-electron chi connectivity index (χ4n) is 2.71. The van der Waals surface area contributed by atoms with E-state index < -0.39 is 5.97 Å². The molecule has 0 saturated carbocycles. The average Bonchev–Trinajstić information content (AvgIpc) is 3.28. The molecule has 1 amide bonds. The normalized spacial score (nSPS) is 18.2. The van der Waals surface area contributed by atoms with E-state index in [2.05, 4.69) is 9.73 Å². The molecule has 7 nitrogen and oxygen atoms in total. The van der Waals surface area contributed by atoms with E-state index in [0.717, 1.165) is 5.56 Å². The zero-order valence-corrected chi connectivity index (χ0v) is 16.0. The molecule has 28 heavy (non-hydrogen) atoms. The summed E-state index contributed by atoms with van der Waals surface area (Å²) in [4.78, 5) is 30.6. The topological polar surface area (TPSA) is 77.4 Å². The lowest BCUT2D eigenvalue weighted by Crippen LogP contribution is -2.23. The summed E-state index contributed by atoms with van der Waals surface area (Å²) in [5.74, 6) is 0.823. The molecule has 1 fully saturated rings. The smallest absolute Gasteiger partial charge is 0.337 e. The molecule has 0 N–H and O–H groups in total. The quantitative estimate of drug-likeness (QED) is 0.584. The fourth-order valence-corrected chi connectivity index (χ4v) is 3.69. The number of fused-ring (bicyclic) bond motifs is 1. The monoisotopic (exact) mass is 396 g/mol. The van der Waals surface area contributed by atoms with Gasteiger partial charge in [-0.1, -0.05) is 6.07 Å². The van der Waals surface area contributed by atoms with Gasteiger partial charge in [-0.3, -0.25) is 9.69 Å². The highest BCUT2D eigenvalue weighted by molar-refractivity contribution is 8.18. The van der Waals surface area contributed by atoms with E-state index in [1.165, 1.54) is 23.8 Å². The lowest BCUT2D eigenvalue weighted by molar-refractivity contribution is -0.121. The van der Waals surface area contributed by atoms with Gasteiger partial charge < -0.3 is 14.2 Å². The Morgan fingerprint density at radius 2 is 1.93 bits per heavy atom. The van der Waals surface area contributed by atoms with Crippen LogP contribution in [0, 0.1) is 0 Å². The van der Waals surface area contributed by atoms with Crippen molar-refractivity contribution in [1.82, 2.24) is 4.90 Å². The van der Waals surface area contributed by atoms with Gasteiger partial charge in [-0.25, -0.2) is 9.79 Å². The summed E-state index contributed by atoms with van der Waals surface area (Å²) in [7, 11) is 3.01. The number of carbonyl (C=O) groups is 2. The number of thioether (sulfide) groups is 1. The zero-order chi connectivity index (χ0) is 19.7. The Morgan fingerprint density at radius 1 is 1.18 bits per heavy atom. The number of benzene rings is 2. The highest BCUT2D eigenvalue weighted by Crippen LogP contribution is 2.36. The molecule has 0 radical (unpaired) electrons. The molecule has 2 aromatic carbocycles. The minimum absolute atomic E-state index is 0.132. The molecule has 0 aliphatic carbocycles. The predicted molar refractivity (Wildman–Crippen MR) is 106 cm³/mol. The predicted octanol–water partition coefficient (Wildman–Crippen LogP) is 3.44. The lowest BCUT2D eigenvalue weighted by Gasteiger charge is -2.07. The largest absolute Gasteiger partial charge is 0.465 e. The number of amides is 1. The molecular weight excluding hydrogens is 380 g/mol. The van der Waals surface area contributed by atoms with Crippen LogP contribution in [0.1, 0.15) is 15.9 Å². The standard InChI is InChI=1S/C20H16N2O5S/c1-22-18(23)17(10-12-3-8-15-16(9-12)27-11-26-15)28-20(22)21-14-6-4-13(5-7-14)19(24)25-2/h3-10H,11H2,1-2H3. The van der Waals surface area contributed by atoms with E-state index in [1.807, 2.05) is 18.2 Å². The maximum Gasteiger partial charge on any atom is 0.337 e. The summed E-state index contributed by atoms with van der Waals surface area (Å²) < 4.78 is 15.4. The molecule has 2 aliphatic rings. The molecule has 2 aromatic rings. The van der Waals surface area contributed by atoms with Crippen LogP contribution >= 0.6 is 11.8 Å². The number of amidine groups is 1. The van der Waals surface area contributed by atoms with Gasteiger partial charge in [0.25, 0.3) is 5.91 Å². The SMILES string of the molecule is COC(=O)c1ccc(N=C2SC(=Cc3ccc4c(c3)OCO4)C(=O)N2C)cc1. The minimum Gasteiger partial charge on any atom is -0.465 e. The number of aliphatic imine (C=N–C) groups is 1. The Kier molecular flexibility index (Phi) is 4.79. The Bertz CT molecular complexity index is 1010. The maximum absolute atomic E-state index is 12.6. The molecular formula is C20H16N2O5S. The summed E-state index contributed by atoms with van der Waals surface area (Å²) in [5, 5.41) is 0.558. The number of ether oxygens (including phenoxy) is 3. The number of rotatable bonds is 3. The van der Waals surface area contributed by atoms with Gasteiger partial charge in [0.05, 0.1) is 23.3 Å². The van der Waals surface area contributed by atoms with Crippen LogP contribution in [-0.4, -0.2) is 42.9 Å². The van der Waals surface area contributed by atoms with Crippen molar-refractivity contribution in [2.45, 2.75) is 0 Å². The van der Waals surface area contributed by atoms with Crippen LogP contribution in [0.4, 0.5) is 5.69 Å². The van der Waals surface area contributed by atoms with Gasteiger partial charge in [-0.05, 0) is 59.8 Å². The van der Waals surface area contributed by atoms with Gasteiger partial charge in [0.1, 0.15) is 0 Å². The third kappa shape index (κ3) is 3.46. The highest BCUT2D eigenvalue weighted by Gasteiger charge is 2.30. The number of hydrogen-bond acceptors (Lipinski definition) is 7. The highest BCUT2D eigenvalue weighted by atomic mass is 32.2. The van der Waals surface area contributed by atoms with Crippen molar-refractivity contribution in [3.05, 3.63) is 58.5 Å². The average molecular weight is 396 g/mol. The van der Waals surface area contributed by atoms with Crippen LogP contribution in [-0.2, 0) is 9.53 Å². The number of likely N-dealkylation sites (N-methyl/N-ethyl adjacent to an activating group) is 1. The van der Waals surface area contributed by atoms with Crippen molar-refractivity contribution < 1.29 is 23.8 Å². The van der Waals surface area contributed by atoms with Crippen LogP contribution in [0.25, 0.3) is 6.08 Å². The molecule has 4 rings (SSSR count). The Hall–Kier alpha value is -3.26. The first kappa shape index (κ1) is 18.1. The van der Waals surface area contributed by atoms with E-state index in [4.69, 9.17) is 9.47 Å². The Balaban J connectivity index is 1.56. The van der Waals surface area contributed by atoms with Crippen molar-refractivity contribution in [3.63, 3.8) is 0 Å². The van der Waals surface area contributed by atoms with E-state index in [-0.39, 0.29) is 12.7 Å². The Labute approximate surface area is 165 Å². The fraction of sp³-hybridized carbons (Fsp3) is 0.150. The lowest BCUT2D eigenvalue weighted by atomic mass is 10.2. The van der Waals surface area contributed by atoms with Crippen molar-refractivity contribution in [1.29, 1.82) is 0 Å². The number of methoxy groups -OCH3 is 1. The van der Waals surface area contributed by atoms with Crippen LogP contribution in [0.15, 0.2) is 52.4 Å². The molecule has 0 atom stereocenters. The molecule has 0 unspecified atom stereocenters. The summed E-state index contributed by atoms with van der Waals surface area (Å²) in [5.41, 5.74) is 1.93. The zero-order valence-electron chi connectivity index (χ0n) is 15.2. The second-order valence-corrected chi connectivity index (χ2v) is 7.03. The summed E-state index contributed by atoms with van der Waals surface area (Å²) in [6.07, 6.45) is 1.80. The summed E-state index contributed by atoms with van der Waals surface area (Å²) >= 11 is 1.29. The van der Waals surface area contributed by atoms with Crippen molar-refractivity contribution in [2.75, 3.05) is 21.0 Å². The molecule has 8 heteroatoms. The van der Waals surface area contributed by atoms with Gasteiger partial charge in [0.2, 0.25) is 6.79 Å². The molecule has 0 bridgehead atoms. The summed E-state index contributed by atoms with van der Waals surface area (Å²) in [6.45, 7) is 0.206. The van der Waals surface area contributed by atoms with Crippen LogP contribution in [0.5, 0.6) is 11.5 Å². The number of carbonyl (C=O) groups excluding carboxylic acids is 2. The third-order valence-electron chi connectivity index (χ3n) is 4.21. The molecule has 1 saturated heterocycles. The van der Waals surface area contributed by atoms with Gasteiger partial charge >= 0.3 is 5.97 Å². The van der Waals surface area contributed by atoms with E-state index in [0.29, 0.717) is 32.8 Å². The van der Waals surface area contributed by atoms with Crippen LogP contribution in [0.2, 0.25) is 0 Å². The second kappa shape index (κ2) is 7.40. The second-order valence-electron chi connectivity index (χ2n) is 6.02. The van der Waals surface area contributed by atoms with E-state index in [9.17, 15) is 9.59 Å². The van der Waals surface area contributed by atoms with Gasteiger partial charge in [-0.2, -0.15) is 0 Å². The molecule has 142 valence electrons. The van der Waals surface area contributed by atoms with E-state index in [1.54, 1.807) is 37.4 Å². The van der Waals surface area contributed by atoms with Crippen LogP contribution in [0.3, 0.4) is 0 Å². The van der Waals surface area contributed by atoms with Crippen molar-refractivity contribution >= 4 is 40.6 Å². The minimum atomic E-state index is -0.407. The van der Waals surface area contributed by atoms with Gasteiger partial charge in [-0.15, -0.1) is 0 Å². The molecule has 2 aliphatic heterocycles. The first-order valence-electron chi connectivity index (χ1n) is 8.39. The Morgan fingerprint density at radius 3 is 2.68 bits per heavy atom. The summed E-state index contributed by atoms with van der Waals surface area (Å²) in [6, 6.07) is 12.2. The number of esters is 1. The maximum atomic E-state index is 12.6. The van der Waals surface area contributed by atoms with Crippen LogP contribution < -0.4 is 9.47 Å². The molecule has 2 heterocycles.